The predicted octanol–water partition coefficient (Wildman–Crippen LogP) is 4.09. The Hall–Kier alpha value is -3.97. The number of rotatable bonds is 13. The maximum absolute atomic E-state index is 14.8. The van der Waals surface area contributed by atoms with Gasteiger partial charge in [0.15, 0.2) is 5.82 Å². The summed E-state index contributed by atoms with van der Waals surface area (Å²) >= 11 is 0. The monoisotopic (exact) mass is 616 g/mol. The second-order valence-corrected chi connectivity index (χ2v) is 12.7. The minimum Gasteiger partial charge on any atom is -0.465 e. The number of carboxylic acid groups (broad SMARTS) is 1. The standard InChI is InChI=1S/C30H45FN8O5/c1-30(2,3)44-28(41)33-14-6-5-13-32-25(40)18-39(29(42)43)21-11-9-20(10-12-21)36-27-34-17-23(31)26(37-27)22-16-35-38(4)24(22)15-19-7-8-19/h16-17,19-21H,5-15,18H2,1-4H3,(H,32,40)(H,33,41)(H,42,43)(H,34,36,37). The number of hydrogen-bond donors (Lipinski definition) is 4. The molecule has 3 amide bonds. The number of unbranched alkanes of at least 4 members (excludes halogenated alkanes) is 1. The molecule has 14 heteroatoms. The topological polar surface area (TPSA) is 164 Å². The first-order chi connectivity index (χ1) is 20.9. The number of nitrogens with one attached hydrogen (secondary N) is 3. The summed E-state index contributed by atoms with van der Waals surface area (Å²) in [5.74, 6) is 0.0634. The quantitative estimate of drug-likeness (QED) is 0.243. The molecule has 4 N–H and O–H groups in total. The van der Waals surface area contributed by atoms with Crippen LogP contribution in [0.25, 0.3) is 11.3 Å². The molecule has 0 radical (unpaired) electrons. The smallest absolute Gasteiger partial charge is 0.408 e. The summed E-state index contributed by atoms with van der Waals surface area (Å²) in [6.45, 7) is 5.92. The molecule has 2 heterocycles. The summed E-state index contributed by atoms with van der Waals surface area (Å²) in [5, 5.41) is 22.9. The molecule has 0 atom stereocenters. The van der Waals surface area contributed by atoms with Gasteiger partial charge in [-0.2, -0.15) is 5.10 Å². The van der Waals surface area contributed by atoms with Crippen molar-refractivity contribution in [3.05, 3.63) is 23.9 Å². The van der Waals surface area contributed by atoms with E-state index in [-0.39, 0.29) is 30.2 Å². The van der Waals surface area contributed by atoms with Crippen LogP contribution in [-0.4, -0.2) is 85.2 Å². The van der Waals surface area contributed by atoms with E-state index in [4.69, 9.17) is 4.74 Å². The second kappa shape index (κ2) is 14.7. The van der Waals surface area contributed by atoms with Gasteiger partial charge in [0, 0.05) is 43.5 Å². The van der Waals surface area contributed by atoms with Gasteiger partial charge in [-0.05, 0) is 84.5 Å². The molecule has 4 rings (SSSR count). The summed E-state index contributed by atoms with van der Waals surface area (Å²) in [7, 11) is 1.86. The number of ether oxygens (including phenoxy) is 1. The van der Waals surface area contributed by atoms with E-state index in [1.54, 1.807) is 31.6 Å². The average molecular weight is 617 g/mol. The maximum atomic E-state index is 14.8. The van der Waals surface area contributed by atoms with E-state index in [9.17, 15) is 23.9 Å². The number of alkyl carbamates (subject to hydrolysis) is 1. The molecule has 2 saturated carbocycles. The second-order valence-electron chi connectivity index (χ2n) is 12.7. The van der Waals surface area contributed by atoms with E-state index < -0.39 is 23.6 Å². The van der Waals surface area contributed by atoms with Gasteiger partial charge in [-0.3, -0.25) is 14.4 Å². The lowest BCUT2D eigenvalue weighted by Crippen LogP contribution is -2.48. The van der Waals surface area contributed by atoms with Crippen molar-refractivity contribution >= 4 is 24.0 Å². The van der Waals surface area contributed by atoms with Gasteiger partial charge in [0.25, 0.3) is 0 Å². The molecule has 242 valence electrons. The van der Waals surface area contributed by atoms with Gasteiger partial charge in [-0.15, -0.1) is 0 Å². The molecule has 0 saturated heterocycles. The highest BCUT2D eigenvalue weighted by Gasteiger charge is 2.31. The van der Waals surface area contributed by atoms with Crippen LogP contribution in [-0.2, 0) is 23.0 Å². The van der Waals surface area contributed by atoms with E-state index in [1.807, 2.05) is 7.05 Å². The number of carbonyl (C=O) groups excluding carboxylic acids is 2. The molecule has 13 nitrogen and oxygen atoms in total. The summed E-state index contributed by atoms with van der Waals surface area (Å²) in [6.07, 6.45) is 8.09. The van der Waals surface area contributed by atoms with Crippen molar-refractivity contribution < 1.29 is 28.6 Å². The summed E-state index contributed by atoms with van der Waals surface area (Å²) < 4.78 is 21.8. The Bertz CT molecular complexity index is 1300. The molecule has 2 aliphatic rings. The van der Waals surface area contributed by atoms with Crippen molar-refractivity contribution in [1.82, 2.24) is 35.3 Å². The van der Waals surface area contributed by atoms with Crippen LogP contribution in [0.3, 0.4) is 0 Å². The van der Waals surface area contributed by atoms with Crippen molar-refractivity contribution in [2.75, 3.05) is 25.0 Å². The Balaban J connectivity index is 1.21. The van der Waals surface area contributed by atoms with Crippen LogP contribution in [0.5, 0.6) is 0 Å². The minimum absolute atomic E-state index is 0.0110. The first kappa shape index (κ1) is 32.9. The van der Waals surface area contributed by atoms with Gasteiger partial charge in [-0.25, -0.2) is 23.9 Å². The molecule has 2 fully saturated rings. The molecule has 0 unspecified atom stereocenters. The van der Waals surface area contributed by atoms with E-state index in [2.05, 4.69) is 31.0 Å². The first-order valence-corrected chi connectivity index (χ1v) is 15.4. The Morgan fingerprint density at radius 3 is 2.39 bits per heavy atom. The van der Waals surface area contributed by atoms with Crippen molar-refractivity contribution in [3.63, 3.8) is 0 Å². The van der Waals surface area contributed by atoms with Gasteiger partial charge < -0.3 is 25.8 Å². The summed E-state index contributed by atoms with van der Waals surface area (Å²) in [4.78, 5) is 46.0. The third-order valence-electron chi connectivity index (χ3n) is 7.86. The minimum atomic E-state index is -1.14. The lowest BCUT2D eigenvalue weighted by Gasteiger charge is -2.35. The number of aromatic nitrogens is 4. The Morgan fingerprint density at radius 1 is 1.07 bits per heavy atom. The van der Waals surface area contributed by atoms with Crippen LogP contribution >= 0.6 is 0 Å². The fourth-order valence-electron chi connectivity index (χ4n) is 5.38. The van der Waals surface area contributed by atoms with Gasteiger partial charge in [-0.1, -0.05) is 0 Å². The molecule has 44 heavy (non-hydrogen) atoms. The summed E-state index contributed by atoms with van der Waals surface area (Å²) in [6, 6.07) is -0.303. The molecule has 2 aromatic rings. The van der Waals surface area contributed by atoms with Crippen molar-refractivity contribution in [1.29, 1.82) is 0 Å². The van der Waals surface area contributed by atoms with E-state index in [0.29, 0.717) is 69.0 Å². The Morgan fingerprint density at radius 2 is 1.75 bits per heavy atom. The van der Waals surface area contributed by atoms with E-state index in [0.717, 1.165) is 12.1 Å². The lowest BCUT2D eigenvalue weighted by atomic mass is 9.90. The third-order valence-corrected chi connectivity index (χ3v) is 7.86. The molecule has 0 bridgehead atoms. The Labute approximate surface area is 257 Å². The fraction of sp³-hybridized carbons (Fsp3) is 0.667. The molecule has 0 aliphatic heterocycles. The van der Waals surface area contributed by atoms with Gasteiger partial charge in [0.1, 0.15) is 17.8 Å². The highest BCUT2D eigenvalue weighted by atomic mass is 19.1. The number of aryl methyl sites for hydroxylation is 1. The first-order valence-electron chi connectivity index (χ1n) is 15.4. The number of halogens is 1. The van der Waals surface area contributed by atoms with Gasteiger partial charge in [0.05, 0.1) is 12.4 Å². The van der Waals surface area contributed by atoms with E-state index in [1.165, 1.54) is 23.9 Å². The van der Waals surface area contributed by atoms with Gasteiger partial charge in [0.2, 0.25) is 11.9 Å². The average Bonchev–Trinajstić information content (AvgIpc) is 3.71. The predicted molar refractivity (Wildman–Crippen MR) is 161 cm³/mol. The van der Waals surface area contributed by atoms with Gasteiger partial charge >= 0.3 is 12.2 Å². The molecule has 2 aliphatic carbocycles. The van der Waals surface area contributed by atoms with Crippen LogP contribution in [0.1, 0.15) is 77.8 Å². The zero-order valence-electron chi connectivity index (χ0n) is 26.1. The molecule has 2 aromatic heterocycles. The Kier molecular flexibility index (Phi) is 11.0. The molecular weight excluding hydrogens is 571 g/mol. The van der Waals surface area contributed by atoms with Crippen LogP contribution in [0.2, 0.25) is 0 Å². The number of anilines is 1. The van der Waals surface area contributed by atoms with Crippen molar-refractivity contribution in [2.45, 2.75) is 96.2 Å². The van der Waals surface area contributed by atoms with Crippen LogP contribution in [0, 0.1) is 11.7 Å². The summed E-state index contributed by atoms with van der Waals surface area (Å²) in [5.41, 5.74) is 1.30. The number of nitrogens with zero attached hydrogens (tertiary/aromatic N) is 5. The zero-order chi connectivity index (χ0) is 31.9. The fourth-order valence-corrected chi connectivity index (χ4v) is 5.38. The highest BCUT2D eigenvalue weighted by Crippen LogP contribution is 2.36. The zero-order valence-corrected chi connectivity index (χ0v) is 26.1. The normalized spacial score (nSPS) is 18.4. The largest absolute Gasteiger partial charge is 0.465 e. The third kappa shape index (κ3) is 9.78. The number of carbonyl (C=O) groups is 3. The lowest BCUT2D eigenvalue weighted by molar-refractivity contribution is -0.122. The van der Waals surface area contributed by atoms with Crippen LogP contribution in [0.4, 0.5) is 19.9 Å². The number of amides is 3. The number of hydrogen-bond acceptors (Lipinski definition) is 8. The van der Waals surface area contributed by atoms with Crippen molar-refractivity contribution in [3.8, 4) is 11.3 Å². The van der Waals surface area contributed by atoms with E-state index >= 15 is 0 Å². The highest BCUT2D eigenvalue weighted by molar-refractivity contribution is 5.81. The van der Waals surface area contributed by atoms with Crippen LogP contribution < -0.4 is 16.0 Å². The molecule has 0 aromatic carbocycles. The van der Waals surface area contributed by atoms with Crippen molar-refractivity contribution in [2.24, 2.45) is 13.0 Å². The molecular formula is C30H45FN8O5. The SMILES string of the molecule is Cn1ncc(-c2nc(NC3CCC(N(CC(=O)NCCCCNC(=O)OC(C)(C)C)C(=O)O)CC3)ncc2F)c1CC1CC1. The van der Waals surface area contributed by atoms with Crippen LogP contribution in [0.15, 0.2) is 12.4 Å². The molecule has 0 spiro atoms. The maximum Gasteiger partial charge on any atom is 0.408 e.